The van der Waals surface area contributed by atoms with Crippen LogP contribution in [0.4, 0.5) is 17.6 Å². The third kappa shape index (κ3) is 3.22. The molecule has 7 heteroatoms. The predicted octanol–water partition coefficient (Wildman–Crippen LogP) is 5.91. The van der Waals surface area contributed by atoms with Gasteiger partial charge in [-0.1, -0.05) is 25.5 Å². The van der Waals surface area contributed by atoms with E-state index in [4.69, 9.17) is 0 Å². The molecule has 0 spiro atoms. The Hall–Kier alpha value is -2.83. The highest BCUT2D eigenvalue weighted by atomic mass is 19.4. The van der Waals surface area contributed by atoms with Crippen LogP contribution in [0.25, 0.3) is 10.9 Å². The van der Waals surface area contributed by atoms with Crippen molar-refractivity contribution in [3.8, 4) is 0 Å². The van der Waals surface area contributed by atoms with E-state index in [9.17, 15) is 22.4 Å². The van der Waals surface area contributed by atoms with Crippen LogP contribution in [0.15, 0.2) is 48.7 Å². The van der Waals surface area contributed by atoms with E-state index in [0.29, 0.717) is 27.4 Å². The largest absolute Gasteiger partial charge is 0.416 e. The van der Waals surface area contributed by atoms with E-state index in [0.717, 1.165) is 37.8 Å². The smallest absolute Gasteiger partial charge is 0.346 e. The van der Waals surface area contributed by atoms with Crippen LogP contribution in [0.3, 0.4) is 0 Å². The van der Waals surface area contributed by atoms with E-state index in [1.807, 2.05) is 0 Å². The molecule has 3 aliphatic rings. The van der Waals surface area contributed by atoms with Crippen molar-refractivity contribution in [1.82, 2.24) is 9.88 Å². The number of nitrogens with one attached hydrogen (secondary N) is 1. The Morgan fingerprint density at radius 1 is 1.06 bits per heavy atom. The second-order valence-corrected chi connectivity index (χ2v) is 9.11. The van der Waals surface area contributed by atoms with Crippen molar-refractivity contribution in [2.24, 2.45) is 5.41 Å². The minimum atomic E-state index is -4.40. The summed E-state index contributed by atoms with van der Waals surface area (Å²) >= 11 is 0. The normalized spacial score (nSPS) is 24.5. The molecule has 3 nitrogen and oxygen atoms in total. The van der Waals surface area contributed by atoms with Crippen molar-refractivity contribution in [1.29, 1.82) is 0 Å². The van der Waals surface area contributed by atoms with E-state index < -0.39 is 17.6 Å². The molecule has 0 radical (unpaired) electrons. The van der Waals surface area contributed by atoms with Crippen LogP contribution in [-0.2, 0) is 12.7 Å². The molecule has 3 saturated carbocycles. The lowest BCUT2D eigenvalue weighted by atomic mass is 9.38. The Labute approximate surface area is 177 Å². The first-order valence-corrected chi connectivity index (χ1v) is 10.4. The molecular weight excluding hydrogens is 408 g/mol. The second-order valence-electron chi connectivity index (χ2n) is 9.11. The maximum Gasteiger partial charge on any atom is 0.416 e. The molecule has 2 aromatic carbocycles. The average molecular weight is 430 g/mol. The molecule has 1 N–H and O–H groups in total. The Kier molecular flexibility index (Phi) is 4.27. The van der Waals surface area contributed by atoms with Crippen molar-refractivity contribution in [2.45, 2.75) is 50.9 Å². The molecule has 6 rings (SSSR count). The number of carbonyl (C=O) groups is 1. The summed E-state index contributed by atoms with van der Waals surface area (Å²) < 4.78 is 54.6. The summed E-state index contributed by atoms with van der Waals surface area (Å²) in [4.78, 5) is 13.1. The summed E-state index contributed by atoms with van der Waals surface area (Å²) in [7, 11) is 0. The van der Waals surface area contributed by atoms with Gasteiger partial charge in [-0.2, -0.15) is 13.2 Å². The molecule has 3 aromatic rings. The first-order chi connectivity index (χ1) is 14.6. The van der Waals surface area contributed by atoms with Crippen molar-refractivity contribution in [2.75, 3.05) is 0 Å². The van der Waals surface area contributed by atoms with Gasteiger partial charge in [0.2, 0.25) is 0 Å². The van der Waals surface area contributed by atoms with E-state index >= 15 is 0 Å². The van der Waals surface area contributed by atoms with Crippen LogP contribution >= 0.6 is 0 Å². The van der Waals surface area contributed by atoms with Gasteiger partial charge in [0.05, 0.1) is 16.6 Å². The third-order valence-corrected chi connectivity index (χ3v) is 7.02. The van der Waals surface area contributed by atoms with Gasteiger partial charge in [-0.05, 0) is 60.6 Å². The maximum absolute atomic E-state index is 14.4. The number of nitrogens with zero attached hydrogens (tertiary/aromatic N) is 1. The van der Waals surface area contributed by atoms with E-state index in [-0.39, 0.29) is 18.0 Å². The van der Waals surface area contributed by atoms with Crippen molar-refractivity contribution in [3.05, 3.63) is 71.2 Å². The highest BCUT2D eigenvalue weighted by molar-refractivity contribution is 6.06. The van der Waals surface area contributed by atoms with Gasteiger partial charge in [-0.25, -0.2) is 4.39 Å². The monoisotopic (exact) mass is 430 g/mol. The van der Waals surface area contributed by atoms with Gasteiger partial charge in [0.15, 0.2) is 0 Å². The molecule has 0 saturated heterocycles. The minimum Gasteiger partial charge on any atom is -0.346 e. The summed E-state index contributed by atoms with van der Waals surface area (Å²) in [6.07, 6.45) is 1.33. The SMILES string of the molecule is CCC12CC(NC(=O)c3ccc(F)c4ccn(Cc5ccc(C(F)(F)F)cc5)c34)(C1)C2. The predicted molar refractivity (Wildman–Crippen MR) is 109 cm³/mol. The maximum atomic E-state index is 14.4. The molecule has 1 aromatic heterocycles. The van der Waals surface area contributed by atoms with Crippen molar-refractivity contribution in [3.63, 3.8) is 0 Å². The standard InChI is InChI=1S/C24H22F4N2O/c1-2-22-12-23(13-22,14-22)29-21(31)18-7-8-19(25)17-9-10-30(20(17)18)11-15-3-5-16(6-4-15)24(26,27)28/h3-10H,2,11-14H2,1H3,(H,29,31). The van der Waals surface area contributed by atoms with Gasteiger partial charge in [-0.3, -0.25) is 4.79 Å². The van der Waals surface area contributed by atoms with Gasteiger partial charge in [0.1, 0.15) is 5.82 Å². The van der Waals surface area contributed by atoms with E-state index in [1.54, 1.807) is 16.8 Å². The number of rotatable bonds is 5. The van der Waals surface area contributed by atoms with Crippen LogP contribution in [0.1, 0.15) is 54.1 Å². The first-order valence-electron chi connectivity index (χ1n) is 10.4. The number of benzene rings is 2. The molecule has 2 bridgehead atoms. The Morgan fingerprint density at radius 2 is 1.74 bits per heavy atom. The summed E-state index contributed by atoms with van der Waals surface area (Å²) in [5.74, 6) is -0.671. The Morgan fingerprint density at radius 3 is 2.35 bits per heavy atom. The van der Waals surface area contributed by atoms with Gasteiger partial charge in [-0.15, -0.1) is 0 Å². The Bertz CT molecular complexity index is 1160. The number of alkyl halides is 3. The number of fused-ring (bicyclic) bond motifs is 1. The van der Waals surface area contributed by atoms with Crippen LogP contribution in [0, 0.1) is 11.2 Å². The zero-order chi connectivity index (χ0) is 22.0. The van der Waals surface area contributed by atoms with Crippen LogP contribution in [0.2, 0.25) is 0 Å². The molecule has 0 atom stereocenters. The van der Waals surface area contributed by atoms with Gasteiger partial charge in [0, 0.05) is 23.7 Å². The topological polar surface area (TPSA) is 34.0 Å². The molecule has 0 unspecified atom stereocenters. The molecule has 1 amide bonds. The van der Waals surface area contributed by atoms with Gasteiger partial charge < -0.3 is 9.88 Å². The van der Waals surface area contributed by atoms with Gasteiger partial charge in [0.25, 0.3) is 5.91 Å². The molecular formula is C24H22F4N2O. The van der Waals surface area contributed by atoms with Crippen LogP contribution in [0.5, 0.6) is 0 Å². The van der Waals surface area contributed by atoms with Crippen molar-refractivity contribution < 1.29 is 22.4 Å². The number of hydrogen-bond donors (Lipinski definition) is 1. The zero-order valence-electron chi connectivity index (χ0n) is 17.0. The highest BCUT2D eigenvalue weighted by Gasteiger charge is 2.67. The molecule has 0 aliphatic heterocycles. The minimum absolute atomic E-state index is 0.140. The lowest BCUT2D eigenvalue weighted by Crippen LogP contribution is -2.74. The number of carbonyl (C=O) groups excluding carboxylic acids is 1. The lowest BCUT2D eigenvalue weighted by Gasteiger charge is -2.70. The highest BCUT2D eigenvalue weighted by Crippen LogP contribution is 2.68. The molecule has 31 heavy (non-hydrogen) atoms. The lowest BCUT2D eigenvalue weighted by molar-refractivity contribution is -0.149. The molecule has 3 fully saturated rings. The second kappa shape index (κ2) is 6.58. The van der Waals surface area contributed by atoms with E-state index in [1.165, 1.54) is 24.3 Å². The Balaban J connectivity index is 1.43. The molecule has 1 heterocycles. The number of aromatic nitrogens is 1. The van der Waals surface area contributed by atoms with E-state index in [2.05, 4.69) is 12.2 Å². The fourth-order valence-corrected chi connectivity index (χ4v) is 5.42. The van der Waals surface area contributed by atoms with Crippen molar-refractivity contribution >= 4 is 16.8 Å². The summed E-state index contributed by atoms with van der Waals surface area (Å²) in [6, 6.07) is 9.23. The number of hydrogen-bond acceptors (Lipinski definition) is 1. The first kappa shape index (κ1) is 20.1. The quantitative estimate of drug-likeness (QED) is 0.502. The molecule has 162 valence electrons. The summed E-state index contributed by atoms with van der Waals surface area (Å²) in [5.41, 5.74) is 0.985. The zero-order valence-corrected chi connectivity index (χ0v) is 17.0. The van der Waals surface area contributed by atoms with Crippen LogP contribution in [-0.4, -0.2) is 16.0 Å². The fourth-order valence-electron chi connectivity index (χ4n) is 5.42. The average Bonchev–Trinajstić information content (AvgIpc) is 3.08. The molecule has 3 aliphatic carbocycles. The third-order valence-electron chi connectivity index (χ3n) is 7.02. The number of halogens is 4. The number of amides is 1. The summed E-state index contributed by atoms with van der Waals surface area (Å²) in [5, 5.41) is 3.47. The summed E-state index contributed by atoms with van der Waals surface area (Å²) in [6.45, 7) is 2.40. The van der Waals surface area contributed by atoms with Crippen LogP contribution < -0.4 is 5.32 Å². The fraction of sp³-hybridized carbons (Fsp3) is 0.375. The van der Waals surface area contributed by atoms with Gasteiger partial charge >= 0.3 is 6.18 Å².